The maximum atomic E-state index is 12.3. The van der Waals surface area contributed by atoms with Crippen LogP contribution in [0.15, 0.2) is 9.59 Å². The fourth-order valence-corrected chi connectivity index (χ4v) is 2.19. The number of nitrogens with zero attached hydrogens (tertiary/aromatic N) is 4. The molecule has 7 nitrogen and oxygen atoms in total. The predicted octanol–water partition coefficient (Wildman–Crippen LogP) is 0.664. The average molecular weight is 279 g/mol. The van der Waals surface area contributed by atoms with Crippen molar-refractivity contribution in [1.82, 2.24) is 18.7 Å². The van der Waals surface area contributed by atoms with Crippen LogP contribution in [0.4, 0.5) is 5.95 Å². The smallest absolute Gasteiger partial charge is 0.332 e. The molecule has 0 amide bonds. The highest BCUT2D eigenvalue weighted by molar-refractivity contribution is 5.74. The monoisotopic (exact) mass is 279 g/mol. The highest BCUT2D eigenvalue weighted by atomic mass is 16.2. The lowest BCUT2D eigenvalue weighted by Crippen LogP contribution is -2.37. The van der Waals surface area contributed by atoms with E-state index < -0.39 is 0 Å². The van der Waals surface area contributed by atoms with Crippen molar-refractivity contribution in [2.24, 2.45) is 14.1 Å². The fourth-order valence-electron chi connectivity index (χ4n) is 2.19. The van der Waals surface area contributed by atoms with Gasteiger partial charge in [0.25, 0.3) is 5.56 Å². The first-order valence-corrected chi connectivity index (χ1v) is 6.85. The molecule has 0 unspecified atom stereocenters. The summed E-state index contributed by atoms with van der Waals surface area (Å²) in [4.78, 5) is 28.7. The van der Waals surface area contributed by atoms with Gasteiger partial charge in [-0.2, -0.15) is 4.98 Å². The molecule has 1 atom stereocenters. The lowest BCUT2D eigenvalue weighted by Gasteiger charge is -2.13. The number of nitrogens with one attached hydrogen (secondary N) is 1. The number of aromatic nitrogens is 4. The van der Waals surface area contributed by atoms with E-state index in [-0.39, 0.29) is 17.3 Å². The van der Waals surface area contributed by atoms with Crippen LogP contribution in [0, 0.1) is 0 Å². The molecular weight excluding hydrogens is 258 g/mol. The van der Waals surface area contributed by atoms with E-state index in [0.717, 1.165) is 11.0 Å². The molecule has 7 heteroatoms. The molecule has 20 heavy (non-hydrogen) atoms. The molecular formula is C13H21N5O2. The average Bonchev–Trinajstić information content (AvgIpc) is 2.80. The molecule has 2 heterocycles. The minimum Gasteiger partial charge on any atom is -0.353 e. The van der Waals surface area contributed by atoms with Gasteiger partial charge in [-0.15, -0.1) is 0 Å². The molecule has 2 aromatic heterocycles. The van der Waals surface area contributed by atoms with E-state index in [4.69, 9.17) is 0 Å². The van der Waals surface area contributed by atoms with Crippen molar-refractivity contribution >= 4 is 17.1 Å². The van der Waals surface area contributed by atoms with Crippen molar-refractivity contribution in [3.63, 3.8) is 0 Å². The van der Waals surface area contributed by atoms with Crippen LogP contribution >= 0.6 is 0 Å². The van der Waals surface area contributed by atoms with Crippen molar-refractivity contribution in [1.29, 1.82) is 0 Å². The minimum atomic E-state index is -0.363. The Kier molecular flexibility index (Phi) is 3.69. The largest absolute Gasteiger partial charge is 0.353 e. The van der Waals surface area contributed by atoms with Crippen molar-refractivity contribution in [2.45, 2.75) is 39.8 Å². The normalized spacial score (nSPS) is 12.8. The van der Waals surface area contributed by atoms with Crippen LogP contribution in [0.25, 0.3) is 11.2 Å². The third-order valence-electron chi connectivity index (χ3n) is 3.65. The lowest BCUT2D eigenvalue weighted by molar-refractivity contribution is 0.697. The number of hydrogen-bond acceptors (Lipinski definition) is 4. The summed E-state index contributed by atoms with van der Waals surface area (Å²) in [6.45, 7) is 6.69. The van der Waals surface area contributed by atoms with Gasteiger partial charge in [-0.05, 0) is 20.3 Å². The molecule has 0 bridgehead atoms. The van der Waals surface area contributed by atoms with Crippen LogP contribution in [-0.2, 0) is 20.6 Å². The van der Waals surface area contributed by atoms with Crippen molar-refractivity contribution in [3.05, 3.63) is 20.8 Å². The van der Waals surface area contributed by atoms with Crippen molar-refractivity contribution in [2.75, 3.05) is 5.32 Å². The summed E-state index contributed by atoms with van der Waals surface area (Å²) in [5, 5.41) is 3.28. The Morgan fingerprint density at radius 2 is 1.85 bits per heavy atom. The highest BCUT2D eigenvalue weighted by Crippen LogP contribution is 2.16. The molecule has 2 aromatic rings. The third-order valence-corrected chi connectivity index (χ3v) is 3.65. The van der Waals surface area contributed by atoms with Crippen LogP contribution in [0.2, 0.25) is 0 Å². The van der Waals surface area contributed by atoms with E-state index in [1.807, 2.05) is 11.5 Å². The van der Waals surface area contributed by atoms with E-state index in [0.29, 0.717) is 23.7 Å². The molecule has 0 aromatic carbocycles. The number of hydrogen-bond donors (Lipinski definition) is 1. The summed E-state index contributed by atoms with van der Waals surface area (Å²) >= 11 is 0. The first-order chi connectivity index (χ1) is 9.42. The Bertz CT molecular complexity index is 753. The van der Waals surface area contributed by atoms with Crippen LogP contribution in [0.5, 0.6) is 0 Å². The first kappa shape index (κ1) is 14.4. The Hall–Kier alpha value is -2.05. The number of aryl methyl sites for hydroxylation is 2. The second-order valence-corrected chi connectivity index (χ2v) is 5.01. The summed E-state index contributed by atoms with van der Waals surface area (Å²) in [5.74, 6) is 0.634. The van der Waals surface area contributed by atoms with Crippen LogP contribution in [0.3, 0.4) is 0 Å². The van der Waals surface area contributed by atoms with Gasteiger partial charge in [0.05, 0.1) is 0 Å². The SMILES string of the molecule is CC[C@H](C)Nc1nc2c(c(=O)n(C)c(=O)n2C)n1CC. The number of fused-ring (bicyclic) bond motifs is 1. The quantitative estimate of drug-likeness (QED) is 0.892. The van der Waals surface area contributed by atoms with Gasteiger partial charge in [-0.1, -0.05) is 6.92 Å². The Balaban J connectivity index is 2.81. The Morgan fingerprint density at radius 3 is 2.40 bits per heavy atom. The van der Waals surface area contributed by atoms with Crippen molar-refractivity contribution in [3.8, 4) is 0 Å². The van der Waals surface area contributed by atoms with Gasteiger partial charge in [0.1, 0.15) is 0 Å². The Morgan fingerprint density at radius 1 is 1.20 bits per heavy atom. The van der Waals surface area contributed by atoms with Crippen LogP contribution in [0.1, 0.15) is 27.2 Å². The summed E-state index contributed by atoms with van der Waals surface area (Å²) in [7, 11) is 3.11. The third kappa shape index (κ3) is 2.03. The number of anilines is 1. The molecule has 0 spiro atoms. The number of imidazole rings is 1. The second kappa shape index (κ2) is 5.15. The van der Waals surface area contributed by atoms with Gasteiger partial charge in [-0.3, -0.25) is 13.9 Å². The minimum absolute atomic E-state index is 0.248. The topological polar surface area (TPSA) is 73.8 Å². The van der Waals surface area contributed by atoms with E-state index in [2.05, 4.69) is 24.1 Å². The molecule has 2 rings (SSSR count). The molecule has 1 N–H and O–H groups in total. The standard InChI is InChI=1S/C13H21N5O2/c1-6-8(3)14-12-15-10-9(18(12)7-2)11(19)17(5)13(20)16(10)4/h8H,6-7H2,1-5H3,(H,14,15)/t8-/m0/s1. The van der Waals surface area contributed by atoms with E-state index in [1.54, 1.807) is 7.05 Å². The predicted molar refractivity (Wildman–Crippen MR) is 79.3 cm³/mol. The second-order valence-electron chi connectivity index (χ2n) is 5.01. The molecule has 0 aliphatic rings. The van der Waals surface area contributed by atoms with E-state index in [9.17, 15) is 9.59 Å². The van der Waals surface area contributed by atoms with Gasteiger partial charge >= 0.3 is 5.69 Å². The molecule has 0 aliphatic carbocycles. The lowest BCUT2D eigenvalue weighted by atomic mass is 10.3. The Labute approximate surface area is 116 Å². The molecule has 110 valence electrons. The molecule has 0 radical (unpaired) electrons. The summed E-state index contributed by atoms with van der Waals surface area (Å²) in [6, 6.07) is 0.248. The van der Waals surface area contributed by atoms with Gasteiger partial charge < -0.3 is 9.88 Å². The van der Waals surface area contributed by atoms with Gasteiger partial charge in [0, 0.05) is 26.7 Å². The zero-order chi connectivity index (χ0) is 15.0. The highest BCUT2D eigenvalue weighted by Gasteiger charge is 2.18. The zero-order valence-electron chi connectivity index (χ0n) is 12.6. The van der Waals surface area contributed by atoms with E-state index in [1.165, 1.54) is 11.6 Å². The number of rotatable bonds is 4. The first-order valence-electron chi connectivity index (χ1n) is 6.85. The van der Waals surface area contributed by atoms with Crippen LogP contribution in [-0.4, -0.2) is 24.7 Å². The van der Waals surface area contributed by atoms with Crippen LogP contribution < -0.4 is 16.6 Å². The molecule has 0 saturated heterocycles. The van der Waals surface area contributed by atoms with Gasteiger partial charge in [-0.25, -0.2) is 4.79 Å². The van der Waals surface area contributed by atoms with E-state index >= 15 is 0 Å². The maximum Gasteiger partial charge on any atom is 0.332 e. The molecule has 0 saturated carbocycles. The maximum absolute atomic E-state index is 12.3. The van der Waals surface area contributed by atoms with Crippen molar-refractivity contribution < 1.29 is 0 Å². The fraction of sp³-hybridized carbons (Fsp3) is 0.615. The zero-order valence-corrected chi connectivity index (χ0v) is 12.6. The van der Waals surface area contributed by atoms with Gasteiger partial charge in [0.15, 0.2) is 11.2 Å². The molecule has 0 aliphatic heterocycles. The summed E-state index contributed by atoms with van der Waals surface area (Å²) in [5.41, 5.74) is 0.210. The summed E-state index contributed by atoms with van der Waals surface area (Å²) in [6.07, 6.45) is 0.948. The van der Waals surface area contributed by atoms with Gasteiger partial charge in [0.2, 0.25) is 5.95 Å². The molecule has 0 fully saturated rings. The summed E-state index contributed by atoms with van der Waals surface area (Å²) < 4.78 is 4.34.